The van der Waals surface area contributed by atoms with E-state index in [-0.39, 0.29) is 49.0 Å². The van der Waals surface area contributed by atoms with Crippen LogP contribution in [0.5, 0.6) is 23.3 Å². The lowest BCUT2D eigenvalue weighted by molar-refractivity contribution is 0.0516. The van der Waals surface area contributed by atoms with Crippen LogP contribution in [-0.2, 0) is 18.0 Å². The van der Waals surface area contributed by atoms with Crippen LogP contribution in [0.4, 0.5) is 0 Å². The maximum atomic E-state index is 12.0. The number of carbonyl (C=O) groups excluding carboxylic acids is 2. The van der Waals surface area contributed by atoms with Gasteiger partial charge in [-0.25, -0.2) is 14.2 Å². The Morgan fingerprint density at radius 2 is 1.42 bits per heavy atom. The molecular formula is C30H34Cl2N4O7. The number of nitrogens with zero attached hydrogens (tertiary/aromatic N) is 4. The van der Waals surface area contributed by atoms with E-state index in [0.29, 0.717) is 45.0 Å². The number of aromatic nitrogens is 4. The van der Waals surface area contributed by atoms with Crippen molar-refractivity contribution in [2.75, 3.05) is 6.61 Å². The van der Waals surface area contributed by atoms with Crippen LogP contribution in [-0.4, -0.2) is 48.6 Å². The highest BCUT2D eigenvalue weighted by Gasteiger charge is 2.27. The number of benzene rings is 2. The minimum Gasteiger partial charge on any atom is -0.461 e. The van der Waals surface area contributed by atoms with Crippen molar-refractivity contribution in [3.63, 3.8) is 0 Å². The first-order valence-corrected chi connectivity index (χ1v) is 14.2. The number of aldehydes is 1. The first-order chi connectivity index (χ1) is 20.5. The molecule has 2 heterocycles. The number of halogens is 2. The molecule has 43 heavy (non-hydrogen) atoms. The second-order valence-corrected chi connectivity index (χ2v) is 10.5. The van der Waals surface area contributed by atoms with Crippen LogP contribution in [0.3, 0.4) is 0 Å². The van der Waals surface area contributed by atoms with Gasteiger partial charge in [-0.3, -0.25) is 4.79 Å². The highest BCUT2D eigenvalue weighted by molar-refractivity contribution is 6.31. The van der Waals surface area contributed by atoms with Gasteiger partial charge in [0, 0.05) is 10.0 Å². The topological polar surface area (TPSA) is 138 Å². The summed E-state index contributed by atoms with van der Waals surface area (Å²) in [5.74, 6) is 0.940. The Labute approximate surface area is 259 Å². The molecular weight excluding hydrogens is 599 g/mol. The van der Waals surface area contributed by atoms with Gasteiger partial charge < -0.3 is 24.4 Å². The molecule has 2 aromatic carbocycles. The van der Waals surface area contributed by atoms with Crippen LogP contribution in [0.15, 0.2) is 48.5 Å². The molecule has 2 aromatic heterocycles. The first-order valence-electron chi connectivity index (χ1n) is 13.5. The summed E-state index contributed by atoms with van der Waals surface area (Å²) < 4.78 is 19.6. The Bertz CT molecular complexity index is 1550. The summed E-state index contributed by atoms with van der Waals surface area (Å²) in [6.45, 7) is 8.99. The van der Waals surface area contributed by atoms with Crippen molar-refractivity contribution in [1.29, 1.82) is 0 Å². The smallest absolute Gasteiger partial charge is 0.359 e. The van der Waals surface area contributed by atoms with Gasteiger partial charge >= 0.3 is 5.97 Å². The fourth-order valence-electron chi connectivity index (χ4n) is 3.87. The molecule has 0 atom stereocenters. The van der Waals surface area contributed by atoms with Crippen molar-refractivity contribution in [2.24, 2.45) is 0 Å². The van der Waals surface area contributed by atoms with Gasteiger partial charge in [-0.15, -0.1) is 0 Å². The molecule has 0 aliphatic heterocycles. The van der Waals surface area contributed by atoms with Gasteiger partial charge in [-0.1, -0.05) is 35.3 Å². The molecule has 0 saturated heterocycles. The standard InChI is InChI=1S/C16H17ClN2O4.C14H17ClN2O3/c1-4-22-16(21)14-13(9-20)15(19(18-14)10(2)3)23-12-7-5-6-11(17)8-12;1-9(2)17-14(12(7-18)13(8-19)16-17)20-11-5-3-4-10(15)6-11/h5-10H,4H2,1-3H3;3-6,9,18-19H,7-8H2,1-2H3. The second kappa shape index (κ2) is 15.5. The van der Waals surface area contributed by atoms with Crippen LogP contribution >= 0.6 is 23.2 Å². The Kier molecular flexibility index (Phi) is 12.1. The molecule has 0 bridgehead atoms. The molecule has 0 fully saturated rings. The zero-order valence-electron chi connectivity index (χ0n) is 24.5. The summed E-state index contributed by atoms with van der Waals surface area (Å²) in [6.07, 6.45) is 0.540. The lowest BCUT2D eigenvalue weighted by Crippen LogP contribution is -2.09. The third-order valence-corrected chi connectivity index (χ3v) is 6.31. The average molecular weight is 634 g/mol. The third-order valence-electron chi connectivity index (χ3n) is 5.84. The number of ether oxygens (including phenoxy) is 3. The number of aliphatic hydroxyl groups excluding tert-OH is 2. The van der Waals surface area contributed by atoms with E-state index in [0.717, 1.165) is 0 Å². The SMILES string of the molecule is CC(C)n1nc(CO)c(CO)c1Oc1cccc(Cl)c1.CCOC(=O)c1nn(C(C)C)c(Oc2cccc(Cl)c2)c1C=O. The van der Waals surface area contributed by atoms with Gasteiger partial charge in [0.25, 0.3) is 0 Å². The molecule has 230 valence electrons. The van der Waals surface area contributed by atoms with E-state index in [1.54, 1.807) is 60.1 Å². The van der Waals surface area contributed by atoms with Crippen molar-refractivity contribution in [2.45, 2.75) is 59.9 Å². The van der Waals surface area contributed by atoms with E-state index >= 15 is 0 Å². The van der Waals surface area contributed by atoms with E-state index in [1.165, 1.54) is 4.68 Å². The van der Waals surface area contributed by atoms with Crippen molar-refractivity contribution in [3.8, 4) is 23.3 Å². The molecule has 0 aliphatic rings. The minimum atomic E-state index is -0.662. The van der Waals surface area contributed by atoms with Gasteiger partial charge in [-0.2, -0.15) is 10.2 Å². The Balaban J connectivity index is 0.000000238. The molecule has 0 saturated carbocycles. The summed E-state index contributed by atoms with van der Waals surface area (Å²) in [7, 11) is 0. The van der Waals surface area contributed by atoms with E-state index in [2.05, 4.69) is 10.2 Å². The van der Waals surface area contributed by atoms with Gasteiger partial charge in [0.15, 0.2) is 12.0 Å². The van der Waals surface area contributed by atoms with E-state index < -0.39 is 5.97 Å². The quantitative estimate of drug-likeness (QED) is 0.135. The number of aliphatic hydroxyl groups is 2. The lowest BCUT2D eigenvalue weighted by atomic mass is 10.2. The number of rotatable bonds is 11. The van der Waals surface area contributed by atoms with Crippen LogP contribution in [0.1, 0.15) is 78.8 Å². The van der Waals surface area contributed by atoms with E-state index in [4.69, 9.17) is 37.4 Å². The number of carbonyl (C=O) groups is 2. The molecule has 4 aromatic rings. The molecule has 2 N–H and O–H groups in total. The molecule has 0 aliphatic carbocycles. The van der Waals surface area contributed by atoms with Crippen molar-refractivity contribution < 1.29 is 34.0 Å². The highest BCUT2D eigenvalue weighted by Crippen LogP contribution is 2.33. The number of hydrogen-bond acceptors (Lipinski definition) is 9. The monoisotopic (exact) mass is 632 g/mol. The number of hydrogen-bond donors (Lipinski definition) is 2. The Morgan fingerprint density at radius 1 is 0.884 bits per heavy atom. The molecule has 0 spiro atoms. The van der Waals surface area contributed by atoms with E-state index in [1.807, 2.05) is 27.7 Å². The zero-order chi connectivity index (χ0) is 31.7. The largest absolute Gasteiger partial charge is 0.461 e. The normalized spacial score (nSPS) is 10.9. The maximum Gasteiger partial charge on any atom is 0.359 e. The third kappa shape index (κ3) is 8.35. The molecule has 13 heteroatoms. The van der Waals surface area contributed by atoms with Crippen LogP contribution < -0.4 is 9.47 Å². The summed E-state index contributed by atoms with van der Waals surface area (Å²) in [4.78, 5) is 23.5. The maximum absolute atomic E-state index is 12.0. The lowest BCUT2D eigenvalue weighted by Gasteiger charge is -2.13. The number of esters is 1. The van der Waals surface area contributed by atoms with Crippen LogP contribution in [0.2, 0.25) is 10.0 Å². The second-order valence-electron chi connectivity index (χ2n) is 9.65. The van der Waals surface area contributed by atoms with Crippen LogP contribution in [0, 0.1) is 0 Å². The predicted octanol–water partition coefficient (Wildman–Crippen LogP) is 6.79. The molecule has 0 radical (unpaired) electrons. The molecule has 0 amide bonds. The molecule has 0 unspecified atom stereocenters. The van der Waals surface area contributed by atoms with Crippen molar-refractivity contribution in [3.05, 3.63) is 81.1 Å². The summed E-state index contributed by atoms with van der Waals surface area (Å²) in [5, 5.41) is 28.3. The van der Waals surface area contributed by atoms with Gasteiger partial charge in [-0.05, 0) is 71.0 Å². The van der Waals surface area contributed by atoms with E-state index in [9.17, 15) is 19.8 Å². The predicted molar refractivity (Wildman–Crippen MR) is 161 cm³/mol. The average Bonchev–Trinajstić information content (AvgIpc) is 3.51. The fraction of sp³-hybridized carbons (Fsp3) is 0.333. The van der Waals surface area contributed by atoms with Crippen molar-refractivity contribution in [1.82, 2.24) is 19.6 Å². The van der Waals surface area contributed by atoms with Gasteiger partial charge in [0.05, 0.1) is 43.2 Å². The Hall–Kier alpha value is -3.90. The van der Waals surface area contributed by atoms with Crippen molar-refractivity contribution >= 4 is 35.5 Å². The summed E-state index contributed by atoms with van der Waals surface area (Å²) >= 11 is 11.9. The van der Waals surface area contributed by atoms with Gasteiger partial charge in [0.2, 0.25) is 11.8 Å². The zero-order valence-corrected chi connectivity index (χ0v) is 26.0. The minimum absolute atomic E-state index is 0.0368. The van der Waals surface area contributed by atoms with Gasteiger partial charge in [0.1, 0.15) is 17.1 Å². The highest BCUT2D eigenvalue weighted by atomic mass is 35.5. The fourth-order valence-corrected chi connectivity index (χ4v) is 4.23. The Morgan fingerprint density at radius 3 is 1.86 bits per heavy atom. The first kappa shape index (κ1) is 33.6. The van der Waals surface area contributed by atoms with Crippen LogP contribution in [0.25, 0.3) is 0 Å². The molecule has 4 rings (SSSR count). The summed E-state index contributed by atoms with van der Waals surface area (Å²) in [5.41, 5.74) is 0.893. The summed E-state index contributed by atoms with van der Waals surface area (Å²) in [6, 6.07) is 13.6. The molecule has 11 nitrogen and oxygen atoms in total.